The lowest BCUT2D eigenvalue weighted by Crippen LogP contribution is -2.40. The van der Waals surface area contributed by atoms with Gasteiger partial charge in [0.25, 0.3) is 0 Å². The van der Waals surface area contributed by atoms with Gasteiger partial charge in [0.15, 0.2) is 0 Å². The Morgan fingerprint density at radius 3 is 2.59 bits per heavy atom. The van der Waals surface area contributed by atoms with Crippen LogP contribution in [0.5, 0.6) is 0 Å². The van der Waals surface area contributed by atoms with Gasteiger partial charge in [0, 0.05) is 19.6 Å². The number of morpholine rings is 1. The van der Waals surface area contributed by atoms with Crippen LogP contribution in [0.2, 0.25) is 0 Å². The van der Waals surface area contributed by atoms with Crippen LogP contribution in [0.3, 0.4) is 0 Å². The number of likely N-dealkylation sites (tertiary alicyclic amines) is 1. The fourth-order valence-electron chi connectivity index (χ4n) is 3.03. The number of hydrogen-bond donors (Lipinski definition) is 0. The average molecular weight is 240 g/mol. The number of rotatable bonds is 5. The predicted molar refractivity (Wildman–Crippen MR) is 71.3 cm³/mol. The largest absolute Gasteiger partial charge is 0.379 e. The molecule has 0 aromatic heterocycles. The molecule has 2 saturated heterocycles. The van der Waals surface area contributed by atoms with E-state index in [-0.39, 0.29) is 0 Å². The van der Waals surface area contributed by atoms with Crippen LogP contribution in [0.1, 0.15) is 32.6 Å². The van der Waals surface area contributed by atoms with Gasteiger partial charge >= 0.3 is 0 Å². The molecule has 1 atom stereocenters. The lowest BCUT2D eigenvalue weighted by atomic mass is 9.95. The molecule has 17 heavy (non-hydrogen) atoms. The van der Waals surface area contributed by atoms with Gasteiger partial charge in [0.05, 0.1) is 13.2 Å². The normalized spacial score (nSPS) is 28.4. The van der Waals surface area contributed by atoms with Crippen LogP contribution in [0.4, 0.5) is 0 Å². The van der Waals surface area contributed by atoms with Crippen molar-refractivity contribution in [3.63, 3.8) is 0 Å². The van der Waals surface area contributed by atoms with Crippen LogP contribution < -0.4 is 0 Å². The van der Waals surface area contributed by atoms with Gasteiger partial charge in [-0.2, -0.15) is 0 Å². The van der Waals surface area contributed by atoms with Crippen LogP contribution in [0.25, 0.3) is 0 Å². The van der Waals surface area contributed by atoms with Gasteiger partial charge in [-0.25, -0.2) is 0 Å². The molecule has 0 aromatic carbocycles. The molecular formula is C14H28N2O. The second-order valence-corrected chi connectivity index (χ2v) is 5.52. The fraction of sp³-hybridized carbons (Fsp3) is 1.00. The Balaban J connectivity index is 1.57. The zero-order valence-electron chi connectivity index (χ0n) is 11.4. The zero-order chi connectivity index (χ0) is 11.9. The number of nitrogens with zero attached hydrogens (tertiary/aromatic N) is 2. The van der Waals surface area contributed by atoms with Gasteiger partial charge in [-0.05, 0) is 44.8 Å². The average Bonchev–Trinajstić information content (AvgIpc) is 2.40. The summed E-state index contributed by atoms with van der Waals surface area (Å²) >= 11 is 0. The van der Waals surface area contributed by atoms with Crippen molar-refractivity contribution < 1.29 is 4.74 Å². The standard InChI is InChI=1S/C14H28N2O/c1-2-14-5-3-6-16(13-14)8-4-7-15-9-11-17-12-10-15/h14H,2-13H2,1H3. The summed E-state index contributed by atoms with van der Waals surface area (Å²) in [7, 11) is 0. The first kappa shape index (κ1) is 13.3. The minimum absolute atomic E-state index is 0.932. The van der Waals surface area contributed by atoms with Crippen molar-refractivity contribution in [1.29, 1.82) is 0 Å². The first-order valence-electron chi connectivity index (χ1n) is 7.41. The molecule has 0 spiro atoms. The molecular weight excluding hydrogens is 212 g/mol. The second kappa shape index (κ2) is 7.34. The molecule has 3 heteroatoms. The molecule has 0 amide bonds. The molecule has 0 aliphatic carbocycles. The molecule has 2 rings (SSSR count). The topological polar surface area (TPSA) is 15.7 Å². The Labute approximate surface area is 106 Å². The maximum Gasteiger partial charge on any atom is 0.0594 e. The minimum atomic E-state index is 0.932. The van der Waals surface area contributed by atoms with E-state index in [4.69, 9.17) is 4.74 Å². The van der Waals surface area contributed by atoms with Crippen molar-refractivity contribution in [3.8, 4) is 0 Å². The third kappa shape index (κ3) is 4.57. The van der Waals surface area contributed by atoms with Crippen molar-refractivity contribution in [3.05, 3.63) is 0 Å². The summed E-state index contributed by atoms with van der Waals surface area (Å²) in [4.78, 5) is 5.23. The smallest absolute Gasteiger partial charge is 0.0594 e. The highest BCUT2D eigenvalue weighted by Crippen LogP contribution is 2.19. The van der Waals surface area contributed by atoms with Gasteiger partial charge < -0.3 is 9.64 Å². The molecule has 2 heterocycles. The fourth-order valence-corrected chi connectivity index (χ4v) is 3.03. The van der Waals surface area contributed by atoms with E-state index in [2.05, 4.69) is 16.7 Å². The Hall–Kier alpha value is -0.120. The Morgan fingerprint density at radius 1 is 1.06 bits per heavy atom. The highest BCUT2D eigenvalue weighted by molar-refractivity contribution is 4.72. The van der Waals surface area contributed by atoms with E-state index in [9.17, 15) is 0 Å². The maximum atomic E-state index is 5.37. The van der Waals surface area contributed by atoms with Crippen molar-refractivity contribution >= 4 is 0 Å². The minimum Gasteiger partial charge on any atom is -0.379 e. The number of hydrogen-bond acceptors (Lipinski definition) is 3. The van der Waals surface area contributed by atoms with Crippen LogP contribution in [-0.2, 0) is 4.74 Å². The molecule has 0 radical (unpaired) electrons. The summed E-state index contributed by atoms with van der Waals surface area (Å²) in [5, 5.41) is 0. The SMILES string of the molecule is CCC1CCCN(CCCN2CCOCC2)C1. The molecule has 3 nitrogen and oxygen atoms in total. The summed E-state index contributed by atoms with van der Waals surface area (Å²) in [6.07, 6.45) is 5.56. The van der Waals surface area contributed by atoms with E-state index in [1.165, 1.54) is 51.9 Å². The molecule has 2 fully saturated rings. The van der Waals surface area contributed by atoms with Crippen molar-refractivity contribution in [2.75, 3.05) is 52.5 Å². The lowest BCUT2D eigenvalue weighted by molar-refractivity contribution is 0.0354. The zero-order valence-corrected chi connectivity index (χ0v) is 11.4. The Kier molecular flexibility index (Phi) is 5.75. The summed E-state index contributed by atoms with van der Waals surface area (Å²) < 4.78 is 5.37. The first-order chi connectivity index (χ1) is 8.38. The maximum absolute atomic E-state index is 5.37. The number of ether oxygens (including phenoxy) is 1. The first-order valence-corrected chi connectivity index (χ1v) is 7.41. The monoisotopic (exact) mass is 240 g/mol. The molecule has 0 saturated carbocycles. The van der Waals surface area contributed by atoms with E-state index < -0.39 is 0 Å². The highest BCUT2D eigenvalue weighted by Gasteiger charge is 2.18. The molecule has 0 aromatic rings. The van der Waals surface area contributed by atoms with Gasteiger partial charge in [-0.1, -0.05) is 13.3 Å². The van der Waals surface area contributed by atoms with E-state index in [0.29, 0.717) is 0 Å². The Bertz CT molecular complexity index is 204. The van der Waals surface area contributed by atoms with Crippen LogP contribution >= 0.6 is 0 Å². The van der Waals surface area contributed by atoms with Gasteiger partial charge in [-0.15, -0.1) is 0 Å². The number of piperidine rings is 1. The predicted octanol–water partition coefficient (Wildman–Crippen LogP) is 1.83. The highest BCUT2D eigenvalue weighted by atomic mass is 16.5. The van der Waals surface area contributed by atoms with Crippen LogP contribution in [0, 0.1) is 5.92 Å². The van der Waals surface area contributed by atoms with E-state index in [1.54, 1.807) is 0 Å². The van der Waals surface area contributed by atoms with Gasteiger partial charge in [0.2, 0.25) is 0 Å². The summed E-state index contributed by atoms with van der Waals surface area (Å²) in [6, 6.07) is 0. The lowest BCUT2D eigenvalue weighted by Gasteiger charge is -2.33. The van der Waals surface area contributed by atoms with Crippen molar-refractivity contribution in [2.45, 2.75) is 32.6 Å². The molecule has 2 aliphatic rings. The van der Waals surface area contributed by atoms with Gasteiger partial charge in [0.1, 0.15) is 0 Å². The molecule has 1 unspecified atom stereocenters. The summed E-state index contributed by atoms with van der Waals surface area (Å²) in [5.41, 5.74) is 0. The Morgan fingerprint density at radius 2 is 1.82 bits per heavy atom. The second-order valence-electron chi connectivity index (χ2n) is 5.52. The quantitative estimate of drug-likeness (QED) is 0.729. The molecule has 0 N–H and O–H groups in total. The third-order valence-corrected chi connectivity index (χ3v) is 4.23. The van der Waals surface area contributed by atoms with Crippen molar-refractivity contribution in [1.82, 2.24) is 9.80 Å². The summed E-state index contributed by atoms with van der Waals surface area (Å²) in [5.74, 6) is 0.965. The van der Waals surface area contributed by atoms with Crippen LogP contribution in [0.15, 0.2) is 0 Å². The van der Waals surface area contributed by atoms with E-state index in [1.807, 2.05) is 0 Å². The molecule has 0 bridgehead atoms. The molecule has 100 valence electrons. The van der Waals surface area contributed by atoms with Crippen molar-refractivity contribution in [2.24, 2.45) is 5.92 Å². The third-order valence-electron chi connectivity index (χ3n) is 4.23. The van der Waals surface area contributed by atoms with Crippen LogP contribution in [-0.4, -0.2) is 62.3 Å². The molecule has 2 aliphatic heterocycles. The summed E-state index contributed by atoms with van der Waals surface area (Å²) in [6.45, 7) is 11.7. The van der Waals surface area contributed by atoms with E-state index in [0.717, 1.165) is 32.2 Å². The van der Waals surface area contributed by atoms with Gasteiger partial charge in [-0.3, -0.25) is 4.90 Å². The van der Waals surface area contributed by atoms with E-state index >= 15 is 0 Å².